The minimum Gasteiger partial charge on any atom is -0.454 e. The van der Waals surface area contributed by atoms with Crippen LogP contribution in [0.15, 0.2) is 42.5 Å². The maximum atomic E-state index is 13.3. The molecular weight excluding hydrogens is 224 g/mol. The van der Waals surface area contributed by atoms with E-state index in [2.05, 4.69) is 0 Å². The monoisotopic (exact) mass is 235 g/mol. The van der Waals surface area contributed by atoms with Crippen LogP contribution in [0.4, 0.5) is 8.78 Å². The molecule has 0 fully saturated rings. The Labute approximate surface area is 97.6 Å². The summed E-state index contributed by atoms with van der Waals surface area (Å²) in [6, 6.07) is 10.2. The lowest BCUT2D eigenvalue weighted by molar-refractivity contribution is 0.437. The fourth-order valence-corrected chi connectivity index (χ4v) is 1.42. The van der Waals surface area contributed by atoms with Crippen molar-refractivity contribution in [1.29, 1.82) is 0 Å². The van der Waals surface area contributed by atoms with Crippen LogP contribution >= 0.6 is 0 Å². The van der Waals surface area contributed by atoms with Crippen LogP contribution < -0.4 is 10.5 Å². The second kappa shape index (κ2) is 4.93. The summed E-state index contributed by atoms with van der Waals surface area (Å²) in [5, 5.41) is 0. The van der Waals surface area contributed by atoms with Crippen molar-refractivity contribution >= 4 is 0 Å². The molecule has 0 aliphatic rings. The van der Waals surface area contributed by atoms with Gasteiger partial charge in [-0.25, -0.2) is 8.78 Å². The Morgan fingerprint density at radius 3 is 2.59 bits per heavy atom. The normalized spacial score (nSPS) is 10.3. The molecule has 0 aromatic heterocycles. The summed E-state index contributed by atoms with van der Waals surface area (Å²) in [4.78, 5) is 0. The number of rotatable bonds is 3. The minimum absolute atomic E-state index is 0.0134. The molecule has 4 heteroatoms. The van der Waals surface area contributed by atoms with Gasteiger partial charge in [0.2, 0.25) is 0 Å². The van der Waals surface area contributed by atoms with E-state index in [1.165, 1.54) is 6.07 Å². The van der Waals surface area contributed by atoms with Gasteiger partial charge in [-0.3, -0.25) is 0 Å². The third kappa shape index (κ3) is 2.79. The van der Waals surface area contributed by atoms with Gasteiger partial charge in [-0.15, -0.1) is 0 Å². The van der Waals surface area contributed by atoms with Gasteiger partial charge < -0.3 is 10.5 Å². The summed E-state index contributed by atoms with van der Waals surface area (Å²) < 4.78 is 31.3. The molecule has 2 rings (SSSR count). The molecule has 0 saturated heterocycles. The Morgan fingerprint density at radius 2 is 1.88 bits per heavy atom. The Kier molecular flexibility index (Phi) is 3.35. The van der Waals surface area contributed by atoms with E-state index in [0.29, 0.717) is 12.3 Å². The predicted octanol–water partition coefficient (Wildman–Crippen LogP) is 3.22. The highest BCUT2D eigenvalue weighted by molar-refractivity contribution is 5.34. The molecule has 2 aromatic carbocycles. The van der Waals surface area contributed by atoms with Crippen molar-refractivity contribution in [2.45, 2.75) is 6.54 Å². The van der Waals surface area contributed by atoms with Crippen molar-refractivity contribution in [3.8, 4) is 11.5 Å². The Morgan fingerprint density at radius 1 is 1.06 bits per heavy atom. The van der Waals surface area contributed by atoms with E-state index in [1.54, 1.807) is 18.2 Å². The van der Waals surface area contributed by atoms with Gasteiger partial charge in [-0.1, -0.05) is 12.1 Å². The van der Waals surface area contributed by atoms with Crippen molar-refractivity contribution in [3.05, 3.63) is 59.7 Å². The standard InChI is InChI=1S/C13H11F2NO/c14-10-4-5-13(12(15)7-10)17-11-3-1-2-9(6-11)8-16/h1-7H,8,16H2. The maximum Gasteiger partial charge on any atom is 0.168 e. The van der Waals surface area contributed by atoms with E-state index < -0.39 is 11.6 Å². The molecule has 0 bridgehead atoms. The number of nitrogens with two attached hydrogens (primary N) is 1. The molecule has 0 aliphatic carbocycles. The van der Waals surface area contributed by atoms with Crippen LogP contribution in [-0.2, 0) is 6.54 Å². The van der Waals surface area contributed by atoms with E-state index in [9.17, 15) is 8.78 Å². The van der Waals surface area contributed by atoms with Gasteiger partial charge in [0, 0.05) is 12.6 Å². The summed E-state index contributed by atoms with van der Waals surface area (Å²) >= 11 is 0. The lowest BCUT2D eigenvalue weighted by atomic mass is 10.2. The van der Waals surface area contributed by atoms with Crippen LogP contribution in [0.3, 0.4) is 0 Å². The zero-order valence-electron chi connectivity index (χ0n) is 8.99. The average Bonchev–Trinajstić information content (AvgIpc) is 2.33. The second-order valence-electron chi connectivity index (χ2n) is 3.53. The average molecular weight is 235 g/mol. The molecule has 17 heavy (non-hydrogen) atoms. The van der Waals surface area contributed by atoms with Crippen LogP contribution in [0, 0.1) is 11.6 Å². The third-order valence-corrected chi connectivity index (χ3v) is 2.26. The first-order valence-corrected chi connectivity index (χ1v) is 5.11. The summed E-state index contributed by atoms with van der Waals surface area (Å²) in [7, 11) is 0. The van der Waals surface area contributed by atoms with E-state index >= 15 is 0 Å². The fourth-order valence-electron chi connectivity index (χ4n) is 1.42. The molecule has 2 aromatic rings. The van der Waals surface area contributed by atoms with Gasteiger partial charge in [0.1, 0.15) is 11.6 Å². The molecule has 0 amide bonds. The van der Waals surface area contributed by atoms with Gasteiger partial charge in [0.05, 0.1) is 0 Å². The lowest BCUT2D eigenvalue weighted by Crippen LogP contribution is -1.96. The topological polar surface area (TPSA) is 35.2 Å². The van der Waals surface area contributed by atoms with E-state index in [1.807, 2.05) is 6.07 Å². The van der Waals surface area contributed by atoms with Gasteiger partial charge >= 0.3 is 0 Å². The third-order valence-electron chi connectivity index (χ3n) is 2.26. The first-order chi connectivity index (χ1) is 8.19. The van der Waals surface area contributed by atoms with E-state index in [4.69, 9.17) is 10.5 Å². The smallest absolute Gasteiger partial charge is 0.168 e. The van der Waals surface area contributed by atoms with Crippen molar-refractivity contribution in [2.75, 3.05) is 0 Å². The van der Waals surface area contributed by atoms with Crippen LogP contribution in [0.1, 0.15) is 5.56 Å². The van der Waals surface area contributed by atoms with Crippen LogP contribution in [-0.4, -0.2) is 0 Å². The Balaban J connectivity index is 2.25. The highest BCUT2D eigenvalue weighted by Gasteiger charge is 2.06. The lowest BCUT2D eigenvalue weighted by Gasteiger charge is -2.07. The SMILES string of the molecule is NCc1cccc(Oc2ccc(F)cc2F)c1. The van der Waals surface area contributed by atoms with Crippen LogP contribution in [0.2, 0.25) is 0 Å². The quantitative estimate of drug-likeness (QED) is 0.886. The summed E-state index contributed by atoms with van der Waals surface area (Å²) in [6.45, 7) is 0.378. The zero-order chi connectivity index (χ0) is 12.3. The largest absolute Gasteiger partial charge is 0.454 e. The summed E-state index contributed by atoms with van der Waals surface area (Å²) in [6.07, 6.45) is 0. The molecule has 0 spiro atoms. The molecular formula is C13H11F2NO. The minimum atomic E-state index is -0.733. The van der Waals surface area contributed by atoms with Gasteiger partial charge in [-0.2, -0.15) is 0 Å². The maximum absolute atomic E-state index is 13.3. The molecule has 0 heterocycles. The van der Waals surface area contributed by atoms with Crippen LogP contribution in [0.5, 0.6) is 11.5 Å². The van der Waals surface area contributed by atoms with E-state index in [0.717, 1.165) is 17.7 Å². The molecule has 0 radical (unpaired) electrons. The van der Waals surface area contributed by atoms with Gasteiger partial charge in [0.25, 0.3) is 0 Å². The van der Waals surface area contributed by atoms with Crippen molar-refractivity contribution in [1.82, 2.24) is 0 Å². The van der Waals surface area contributed by atoms with Gasteiger partial charge in [-0.05, 0) is 29.8 Å². The van der Waals surface area contributed by atoms with Crippen molar-refractivity contribution in [2.24, 2.45) is 5.73 Å². The highest BCUT2D eigenvalue weighted by atomic mass is 19.1. The number of hydrogen-bond donors (Lipinski definition) is 1. The molecule has 0 saturated carbocycles. The highest BCUT2D eigenvalue weighted by Crippen LogP contribution is 2.25. The number of halogens is 2. The number of benzene rings is 2. The number of ether oxygens (including phenoxy) is 1. The fraction of sp³-hybridized carbons (Fsp3) is 0.0769. The molecule has 2 nitrogen and oxygen atoms in total. The molecule has 0 unspecified atom stereocenters. The van der Waals surface area contributed by atoms with Crippen LogP contribution in [0.25, 0.3) is 0 Å². The predicted molar refractivity (Wildman–Crippen MR) is 60.8 cm³/mol. The Bertz CT molecular complexity index is 529. The summed E-state index contributed by atoms with van der Waals surface area (Å²) in [5.41, 5.74) is 6.36. The molecule has 88 valence electrons. The molecule has 2 N–H and O–H groups in total. The van der Waals surface area contributed by atoms with Gasteiger partial charge in [0.15, 0.2) is 11.6 Å². The molecule has 0 aliphatic heterocycles. The number of hydrogen-bond acceptors (Lipinski definition) is 2. The second-order valence-corrected chi connectivity index (χ2v) is 3.53. The van der Waals surface area contributed by atoms with Crippen molar-refractivity contribution < 1.29 is 13.5 Å². The van der Waals surface area contributed by atoms with Crippen molar-refractivity contribution in [3.63, 3.8) is 0 Å². The first-order valence-electron chi connectivity index (χ1n) is 5.11. The zero-order valence-corrected chi connectivity index (χ0v) is 8.99. The van der Waals surface area contributed by atoms with E-state index in [-0.39, 0.29) is 5.75 Å². The summed E-state index contributed by atoms with van der Waals surface area (Å²) in [5.74, 6) is -0.909. The molecule has 0 atom stereocenters. The first kappa shape index (κ1) is 11.5. The Hall–Kier alpha value is -1.94.